The molecule has 1 atom stereocenters. The maximum absolute atomic E-state index is 12.9. The van der Waals surface area contributed by atoms with Crippen molar-refractivity contribution in [1.29, 1.82) is 0 Å². The minimum atomic E-state index is -3.55. The number of likely N-dealkylation sites (N-methyl/N-ethyl adjacent to an activating group) is 1. The molecule has 0 N–H and O–H groups in total. The van der Waals surface area contributed by atoms with E-state index >= 15 is 0 Å². The molecule has 2 fully saturated rings. The number of likely N-dealkylation sites (tertiary alicyclic amines) is 1. The van der Waals surface area contributed by atoms with Gasteiger partial charge >= 0.3 is 0 Å². The van der Waals surface area contributed by atoms with Crippen LogP contribution in [0.25, 0.3) is 0 Å². The third-order valence-corrected chi connectivity index (χ3v) is 7.14. The molecule has 0 saturated carbocycles. The predicted molar refractivity (Wildman–Crippen MR) is 97.0 cm³/mol. The molecule has 2 aliphatic heterocycles. The first-order chi connectivity index (χ1) is 11.9. The second-order valence-corrected chi connectivity index (χ2v) is 9.02. The summed E-state index contributed by atoms with van der Waals surface area (Å²) in [5.41, 5.74) is 0.462. The van der Waals surface area contributed by atoms with Crippen LogP contribution in [0.2, 0.25) is 0 Å². The Bertz CT molecular complexity index is 727. The van der Waals surface area contributed by atoms with Gasteiger partial charge in [-0.05, 0) is 51.4 Å². The molecule has 1 unspecified atom stereocenters. The summed E-state index contributed by atoms with van der Waals surface area (Å²) in [4.78, 5) is 17.0. The van der Waals surface area contributed by atoms with Gasteiger partial charge in [-0.25, -0.2) is 8.42 Å². The van der Waals surface area contributed by atoms with E-state index in [1.54, 1.807) is 18.2 Å². The van der Waals surface area contributed by atoms with Gasteiger partial charge in [0, 0.05) is 44.3 Å². The molecule has 3 rings (SSSR count). The molecule has 6 nitrogen and oxygen atoms in total. The van der Waals surface area contributed by atoms with Gasteiger partial charge in [-0.15, -0.1) is 0 Å². The smallest absolute Gasteiger partial charge is 0.254 e. The zero-order valence-corrected chi connectivity index (χ0v) is 15.8. The average molecular weight is 365 g/mol. The summed E-state index contributed by atoms with van der Waals surface area (Å²) in [6.07, 6.45) is 3.16. The zero-order valence-electron chi connectivity index (χ0n) is 15.0. The first-order valence-corrected chi connectivity index (χ1v) is 10.4. The van der Waals surface area contributed by atoms with Crippen molar-refractivity contribution >= 4 is 15.9 Å². The highest BCUT2D eigenvalue weighted by molar-refractivity contribution is 7.89. The van der Waals surface area contributed by atoms with Crippen molar-refractivity contribution in [3.63, 3.8) is 0 Å². The molecule has 0 radical (unpaired) electrons. The number of carbonyl (C=O) groups is 1. The summed E-state index contributed by atoms with van der Waals surface area (Å²) in [7, 11) is -1.56. The molecule has 138 valence electrons. The zero-order chi connectivity index (χ0) is 18.0. The lowest BCUT2D eigenvalue weighted by atomic mass is 10.0. The highest BCUT2D eigenvalue weighted by Crippen LogP contribution is 2.22. The Morgan fingerprint density at radius 1 is 1.08 bits per heavy atom. The van der Waals surface area contributed by atoms with E-state index in [-0.39, 0.29) is 16.8 Å². The Morgan fingerprint density at radius 2 is 1.80 bits per heavy atom. The Balaban J connectivity index is 1.82. The van der Waals surface area contributed by atoms with E-state index in [0.717, 1.165) is 38.9 Å². The minimum Gasteiger partial charge on any atom is -0.336 e. The fourth-order valence-corrected chi connectivity index (χ4v) is 5.00. The van der Waals surface area contributed by atoms with Gasteiger partial charge in [-0.3, -0.25) is 4.79 Å². The van der Waals surface area contributed by atoms with Gasteiger partial charge in [0.15, 0.2) is 0 Å². The van der Waals surface area contributed by atoms with Crippen LogP contribution in [-0.2, 0) is 10.0 Å². The summed E-state index contributed by atoms with van der Waals surface area (Å²) in [6, 6.07) is 6.72. The first kappa shape index (κ1) is 18.4. The van der Waals surface area contributed by atoms with Gasteiger partial charge in [0.1, 0.15) is 0 Å². The third kappa shape index (κ3) is 3.88. The summed E-state index contributed by atoms with van der Waals surface area (Å²) in [6.45, 7) is 5.23. The number of rotatable bonds is 3. The maximum atomic E-state index is 12.9. The summed E-state index contributed by atoms with van der Waals surface area (Å²) < 4.78 is 27.3. The van der Waals surface area contributed by atoms with Crippen molar-refractivity contribution in [2.45, 2.75) is 37.1 Å². The molecule has 1 aromatic rings. The molecule has 2 saturated heterocycles. The Hall–Kier alpha value is -1.44. The van der Waals surface area contributed by atoms with Gasteiger partial charge in [-0.2, -0.15) is 4.31 Å². The molecule has 2 heterocycles. The van der Waals surface area contributed by atoms with Crippen molar-refractivity contribution < 1.29 is 13.2 Å². The van der Waals surface area contributed by atoms with Crippen LogP contribution in [-0.4, -0.2) is 74.2 Å². The normalized spacial score (nSPS) is 23.6. The van der Waals surface area contributed by atoms with Crippen LogP contribution in [0, 0.1) is 0 Å². The molecule has 7 heteroatoms. The van der Waals surface area contributed by atoms with E-state index in [0.29, 0.717) is 18.7 Å². The van der Waals surface area contributed by atoms with Crippen molar-refractivity contribution in [2.24, 2.45) is 0 Å². The number of benzene rings is 1. The fraction of sp³-hybridized carbons (Fsp3) is 0.611. The first-order valence-electron chi connectivity index (χ1n) is 8.99. The molecule has 0 aromatic heterocycles. The second-order valence-electron chi connectivity index (χ2n) is 7.08. The van der Waals surface area contributed by atoms with Crippen LogP contribution in [0.1, 0.15) is 36.5 Å². The predicted octanol–water partition coefficient (Wildman–Crippen LogP) is 1.64. The third-order valence-electron chi connectivity index (χ3n) is 5.24. The van der Waals surface area contributed by atoms with Crippen molar-refractivity contribution in [2.75, 3.05) is 39.8 Å². The van der Waals surface area contributed by atoms with Gasteiger partial charge in [0.05, 0.1) is 4.90 Å². The number of carbonyl (C=O) groups excluding carboxylic acids is 1. The topological polar surface area (TPSA) is 60.9 Å². The second kappa shape index (κ2) is 7.43. The van der Waals surface area contributed by atoms with Gasteiger partial charge in [-0.1, -0.05) is 6.07 Å². The standard InChI is InChI=1S/C18H27N3O3S/c1-15-6-3-4-9-21(15)18(22)16-7-5-8-17(14-16)25(23,24)20-12-10-19(2)11-13-20/h5,7-8,14-15H,3-4,6,9-13H2,1-2H3. The van der Waals surface area contributed by atoms with Crippen molar-refractivity contribution in [3.8, 4) is 0 Å². The molecule has 0 aliphatic carbocycles. The summed E-state index contributed by atoms with van der Waals surface area (Å²) in [5.74, 6) is -0.0670. The minimum absolute atomic E-state index is 0.0670. The van der Waals surface area contributed by atoms with Crippen LogP contribution in [0.15, 0.2) is 29.2 Å². The van der Waals surface area contributed by atoms with E-state index in [4.69, 9.17) is 0 Å². The van der Waals surface area contributed by atoms with E-state index in [2.05, 4.69) is 11.8 Å². The monoisotopic (exact) mass is 365 g/mol. The lowest BCUT2D eigenvalue weighted by Crippen LogP contribution is -2.47. The molecule has 2 aliphatic rings. The SMILES string of the molecule is CC1CCCCN1C(=O)c1cccc(S(=O)(=O)N2CCN(C)CC2)c1. The number of amides is 1. The lowest BCUT2D eigenvalue weighted by Gasteiger charge is -2.34. The Kier molecular flexibility index (Phi) is 5.46. The van der Waals surface area contributed by atoms with Crippen LogP contribution in [0.4, 0.5) is 0 Å². The summed E-state index contributed by atoms with van der Waals surface area (Å²) in [5, 5.41) is 0. The average Bonchev–Trinajstić information content (AvgIpc) is 2.62. The molecule has 0 bridgehead atoms. The van der Waals surface area contributed by atoms with Crippen LogP contribution in [0.3, 0.4) is 0 Å². The lowest BCUT2D eigenvalue weighted by molar-refractivity contribution is 0.0635. The number of nitrogens with zero attached hydrogens (tertiary/aromatic N) is 3. The molecular formula is C18H27N3O3S. The maximum Gasteiger partial charge on any atom is 0.254 e. The highest BCUT2D eigenvalue weighted by atomic mass is 32.2. The van der Waals surface area contributed by atoms with E-state index in [1.165, 1.54) is 10.4 Å². The number of hydrogen-bond donors (Lipinski definition) is 0. The highest BCUT2D eigenvalue weighted by Gasteiger charge is 2.29. The van der Waals surface area contributed by atoms with Crippen molar-refractivity contribution in [3.05, 3.63) is 29.8 Å². The van der Waals surface area contributed by atoms with Crippen LogP contribution < -0.4 is 0 Å². The van der Waals surface area contributed by atoms with Gasteiger partial charge in [0.25, 0.3) is 5.91 Å². The van der Waals surface area contributed by atoms with E-state index in [9.17, 15) is 13.2 Å². The fourth-order valence-electron chi connectivity index (χ4n) is 3.53. The molecule has 1 amide bonds. The largest absolute Gasteiger partial charge is 0.336 e. The molecular weight excluding hydrogens is 338 g/mol. The molecule has 25 heavy (non-hydrogen) atoms. The Labute approximate surface area is 150 Å². The Morgan fingerprint density at radius 3 is 2.48 bits per heavy atom. The van der Waals surface area contributed by atoms with Crippen LogP contribution >= 0.6 is 0 Å². The van der Waals surface area contributed by atoms with Gasteiger partial charge < -0.3 is 9.80 Å². The molecule has 1 aromatic carbocycles. The van der Waals surface area contributed by atoms with Crippen LogP contribution in [0.5, 0.6) is 0 Å². The number of sulfonamides is 1. The summed E-state index contributed by atoms with van der Waals surface area (Å²) >= 11 is 0. The number of piperidine rings is 1. The van der Waals surface area contributed by atoms with Gasteiger partial charge in [0.2, 0.25) is 10.0 Å². The molecule has 0 spiro atoms. The van der Waals surface area contributed by atoms with Crippen molar-refractivity contribution in [1.82, 2.24) is 14.1 Å². The van der Waals surface area contributed by atoms with E-state index < -0.39 is 10.0 Å². The van der Waals surface area contributed by atoms with E-state index in [1.807, 2.05) is 11.9 Å². The quantitative estimate of drug-likeness (QED) is 0.817. The number of hydrogen-bond acceptors (Lipinski definition) is 4. The number of piperazine rings is 1.